The first kappa shape index (κ1) is 26.2. The van der Waals surface area contributed by atoms with Gasteiger partial charge in [0.15, 0.2) is 29.7 Å². The van der Waals surface area contributed by atoms with Crippen molar-refractivity contribution in [2.75, 3.05) is 18.5 Å². The van der Waals surface area contributed by atoms with Crippen LogP contribution in [0.3, 0.4) is 0 Å². The van der Waals surface area contributed by atoms with Gasteiger partial charge in [0.25, 0.3) is 5.91 Å². The molecule has 0 fully saturated rings. The second-order valence-corrected chi connectivity index (χ2v) is 10.3. The zero-order valence-corrected chi connectivity index (χ0v) is 22.6. The fourth-order valence-electron chi connectivity index (χ4n) is 5.36. The summed E-state index contributed by atoms with van der Waals surface area (Å²) in [5, 5.41) is 5.92. The van der Waals surface area contributed by atoms with Gasteiger partial charge in [0.2, 0.25) is 0 Å². The first-order chi connectivity index (χ1) is 18.4. The molecule has 3 aliphatic rings. The van der Waals surface area contributed by atoms with Crippen LogP contribution in [0.4, 0.5) is 10.1 Å². The van der Waals surface area contributed by atoms with E-state index in [0.29, 0.717) is 46.6 Å². The molecule has 0 saturated carbocycles. The number of carbonyl (C=O) groups excluding carboxylic acids is 3. The molecule has 2 aromatic rings. The van der Waals surface area contributed by atoms with E-state index in [4.69, 9.17) is 9.47 Å². The molecule has 2 N–H and O–H groups in total. The van der Waals surface area contributed by atoms with Crippen molar-refractivity contribution in [3.63, 3.8) is 0 Å². The number of amides is 1. The molecule has 38 heavy (non-hydrogen) atoms. The minimum absolute atomic E-state index is 0.0490. The molecule has 5 rings (SSSR count). The van der Waals surface area contributed by atoms with Crippen LogP contribution in [-0.2, 0) is 14.4 Å². The monoisotopic (exact) mass is 582 g/mol. The number of allylic oxidation sites excluding steroid dienone is 4. The molecule has 2 aromatic carbocycles. The Balaban J connectivity index is 1.48. The van der Waals surface area contributed by atoms with Crippen molar-refractivity contribution in [3.05, 3.63) is 74.8 Å². The van der Waals surface area contributed by atoms with Gasteiger partial charge in [-0.3, -0.25) is 14.4 Å². The van der Waals surface area contributed by atoms with E-state index in [1.807, 2.05) is 13.0 Å². The number of anilines is 1. The summed E-state index contributed by atoms with van der Waals surface area (Å²) in [5.74, 6) is -0.777. The summed E-state index contributed by atoms with van der Waals surface area (Å²) in [4.78, 5) is 38.7. The lowest BCUT2D eigenvalue weighted by molar-refractivity contribution is -0.118. The van der Waals surface area contributed by atoms with Gasteiger partial charge in [0, 0.05) is 41.3 Å². The zero-order chi connectivity index (χ0) is 26.8. The van der Waals surface area contributed by atoms with E-state index in [1.165, 1.54) is 18.2 Å². The maximum atomic E-state index is 13.9. The van der Waals surface area contributed by atoms with Gasteiger partial charge in [-0.15, -0.1) is 0 Å². The third-order valence-corrected chi connectivity index (χ3v) is 7.54. The number of ketones is 2. The van der Waals surface area contributed by atoms with Crippen LogP contribution in [0.1, 0.15) is 56.9 Å². The summed E-state index contributed by atoms with van der Waals surface area (Å²) in [6.07, 6.45) is 3.99. The first-order valence-electron chi connectivity index (χ1n) is 12.8. The van der Waals surface area contributed by atoms with Gasteiger partial charge in [-0.2, -0.15) is 0 Å². The number of nitrogens with one attached hydrogen (secondary N) is 2. The molecule has 0 atom stereocenters. The Morgan fingerprint density at radius 3 is 2.32 bits per heavy atom. The highest BCUT2D eigenvalue weighted by Crippen LogP contribution is 2.48. The first-order valence-corrected chi connectivity index (χ1v) is 13.6. The van der Waals surface area contributed by atoms with Crippen LogP contribution in [0.5, 0.6) is 11.5 Å². The Bertz CT molecular complexity index is 1340. The molecule has 2 aliphatic carbocycles. The second kappa shape index (κ2) is 11.1. The quantitative estimate of drug-likeness (QED) is 0.434. The number of rotatable bonds is 7. The summed E-state index contributed by atoms with van der Waals surface area (Å²) < 4.78 is 26.1. The van der Waals surface area contributed by atoms with Gasteiger partial charge in [0.05, 0.1) is 16.8 Å². The van der Waals surface area contributed by atoms with Crippen molar-refractivity contribution in [2.45, 2.75) is 51.4 Å². The summed E-state index contributed by atoms with van der Waals surface area (Å²) in [6, 6.07) is 9.49. The Morgan fingerprint density at radius 2 is 1.68 bits per heavy atom. The number of carbonyl (C=O) groups is 3. The number of ether oxygens (including phenoxy) is 2. The Labute approximate surface area is 228 Å². The molecule has 0 spiro atoms. The summed E-state index contributed by atoms with van der Waals surface area (Å²) >= 11 is 3.56. The highest BCUT2D eigenvalue weighted by atomic mass is 79.9. The molecular weight excluding hydrogens is 555 g/mol. The molecule has 0 unspecified atom stereocenters. The number of hydrogen-bond donors (Lipinski definition) is 2. The van der Waals surface area contributed by atoms with E-state index in [2.05, 4.69) is 26.6 Å². The summed E-state index contributed by atoms with van der Waals surface area (Å²) in [5.41, 5.74) is 3.91. The number of benzene rings is 2. The van der Waals surface area contributed by atoms with Crippen molar-refractivity contribution >= 4 is 39.1 Å². The lowest BCUT2D eigenvalue weighted by atomic mass is 9.71. The van der Waals surface area contributed by atoms with E-state index < -0.39 is 17.6 Å². The Hall–Kier alpha value is -3.46. The summed E-state index contributed by atoms with van der Waals surface area (Å²) in [6.45, 7) is 1.79. The van der Waals surface area contributed by atoms with E-state index in [1.54, 1.807) is 12.1 Å². The average molecular weight is 583 g/mol. The van der Waals surface area contributed by atoms with Gasteiger partial charge < -0.3 is 20.1 Å². The molecule has 1 amide bonds. The predicted molar refractivity (Wildman–Crippen MR) is 143 cm³/mol. The van der Waals surface area contributed by atoms with Crippen molar-refractivity contribution in [1.29, 1.82) is 0 Å². The van der Waals surface area contributed by atoms with E-state index in [-0.39, 0.29) is 23.9 Å². The fourth-order valence-corrected chi connectivity index (χ4v) is 5.94. The van der Waals surface area contributed by atoms with E-state index in [9.17, 15) is 18.8 Å². The van der Waals surface area contributed by atoms with Crippen LogP contribution in [0.2, 0.25) is 0 Å². The minimum atomic E-state index is -0.541. The molecule has 0 aromatic heterocycles. The van der Waals surface area contributed by atoms with Gasteiger partial charge in [0.1, 0.15) is 5.82 Å². The number of Topliss-reactive ketones (excluding diaryl/α,β-unsaturated/α-hetero) is 2. The van der Waals surface area contributed by atoms with Crippen molar-refractivity contribution in [1.82, 2.24) is 5.32 Å². The normalized spacial score (nSPS) is 17.6. The van der Waals surface area contributed by atoms with Crippen molar-refractivity contribution in [3.8, 4) is 11.5 Å². The SMILES string of the molecule is CCOc1cc(C2C3=C(CCCC3=O)NC3=C2C(=O)CCC3)cc(Br)c1OCC(=O)Nc1ccccc1F. The number of dihydropyridines is 1. The van der Waals surface area contributed by atoms with Crippen LogP contribution in [-0.4, -0.2) is 30.7 Å². The van der Waals surface area contributed by atoms with Crippen LogP contribution < -0.4 is 20.1 Å². The number of para-hydroxylation sites is 1. The van der Waals surface area contributed by atoms with Gasteiger partial charge in [-0.1, -0.05) is 12.1 Å². The lowest BCUT2D eigenvalue weighted by Gasteiger charge is -2.37. The molecule has 0 radical (unpaired) electrons. The largest absolute Gasteiger partial charge is 0.490 e. The Kier molecular flexibility index (Phi) is 7.65. The van der Waals surface area contributed by atoms with Gasteiger partial charge in [-0.25, -0.2) is 4.39 Å². The van der Waals surface area contributed by atoms with Crippen molar-refractivity contribution in [2.24, 2.45) is 0 Å². The zero-order valence-electron chi connectivity index (χ0n) is 21.0. The molecule has 1 heterocycles. The number of halogens is 2. The topological polar surface area (TPSA) is 93.7 Å². The highest BCUT2D eigenvalue weighted by Gasteiger charge is 2.40. The van der Waals surface area contributed by atoms with E-state index in [0.717, 1.165) is 42.6 Å². The van der Waals surface area contributed by atoms with Crippen molar-refractivity contribution < 1.29 is 28.2 Å². The van der Waals surface area contributed by atoms with Crippen LogP contribution in [0.15, 0.2) is 63.4 Å². The third-order valence-electron chi connectivity index (χ3n) is 6.95. The molecule has 1 aliphatic heterocycles. The summed E-state index contributed by atoms with van der Waals surface area (Å²) in [7, 11) is 0. The Morgan fingerprint density at radius 1 is 1.03 bits per heavy atom. The molecule has 7 nitrogen and oxygen atoms in total. The molecular formula is C29H28BrFN2O5. The lowest BCUT2D eigenvalue weighted by Crippen LogP contribution is -2.36. The highest BCUT2D eigenvalue weighted by molar-refractivity contribution is 9.10. The van der Waals surface area contributed by atoms with Gasteiger partial charge >= 0.3 is 0 Å². The predicted octanol–water partition coefficient (Wildman–Crippen LogP) is 5.71. The molecule has 0 bridgehead atoms. The van der Waals surface area contributed by atoms with Crippen LogP contribution in [0.25, 0.3) is 0 Å². The maximum absolute atomic E-state index is 13.9. The molecule has 198 valence electrons. The maximum Gasteiger partial charge on any atom is 0.262 e. The third kappa shape index (κ3) is 5.12. The average Bonchev–Trinajstić information content (AvgIpc) is 2.89. The van der Waals surface area contributed by atoms with Gasteiger partial charge in [-0.05, 0) is 78.4 Å². The van der Waals surface area contributed by atoms with E-state index >= 15 is 0 Å². The molecule has 0 saturated heterocycles. The number of hydrogen-bond acceptors (Lipinski definition) is 6. The van der Waals surface area contributed by atoms with Crippen LogP contribution >= 0.6 is 15.9 Å². The fraction of sp³-hybridized carbons (Fsp3) is 0.345. The smallest absolute Gasteiger partial charge is 0.262 e. The standard InChI is InChI=1S/C29H28BrFN2O5/c1-2-37-24-14-16(13-17(30)29(24)38-15-25(36)33-19-8-4-3-7-18(19)31)26-27-20(9-5-11-22(27)34)32-21-10-6-12-23(35)28(21)26/h3-4,7-8,13-14,26,32H,2,5-6,9-12,15H2,1H3,(H,33,36). The minimum Gasteiger partial charge on any atom is -0.490 e. The van der Waals surface area contributed by atoms with Crippen LogP contribution in [0, 0.1) is 5.82 Å². The second-order valence-electron chi connectivity index (χ2n) is 9.48. The molecule has 9 heteroatoms.